The molecule has 1 aliphatic rings. The van der Waals surface area contributed by atoms with E-state index in [-0.39, 0.29) is 12.5 Å². The predicted octanol–water partition coefficient (Wildman–Crippen LogP) is 4.50. The van der Waals surface area contributed by atoms with Gasteiger partial charge in [-0.15, -0.1) is 11.8 Å². The molecule has 1 aromatic carbocycles. The summed E-state index contributed by atoms with van der Waals surface area (Å²) in [4.78, 5) is 0.962. The first-order valence-corrected chi connectivity index (χ1v) is 7.67. The maximum atomic E-state index is 13.0. The number of hydrogen-bond donors (Lipinski definition) is 1. The van der Waals surface area contributed by atoms with Crippen LogP contribution in [0.25, 0.3) is 0 Å². The smallest absolute Gasteiger partial charge is 0.271 e. The highest BCUT2D eigenvalue weighted by Gasteiger charge is 2.36. The second-order valence-electron chi connectivity index (χ2n) is 4.20. The molecule has 1 heterocycles. The SMILES string of the molecule is CC.CSc1cc(C2CCC(F)(F)CO2)ccc1N. The predicted molar refractivity (Wildman–Crippen MR) is 76.9 cm³/mol. The van der Waals surface area contributed by atoms with Crippen molar-refractivity contribution in [3.63, 3.8) is 0 Å². The Morgan fingerprint density at radius 2 is 2.05 bits per heavy atom. The van der Waals surface area contributed by atoms with Gasteiger partial charge in [-0.3, -0.25) is 0 Å². The molecular formula is C14H21F2NOS. The Morgan fingerprint density at radius 3 is 2.58 bits per heavy atom. The van der Waals surface area contributed by atoms with Crippen LogP contribution in [0.5, 0.6) is 0 Å². The van der Waals surface area contributed by atoms with Gasteiger partial charge in [-0.2, -0.15) is 0 Å². The van der Waals surface area contributed by atoms with Crippen LogP contribution in [0, 0.1) is 0 Å². The van der Waals surface area contributed by atoms with Crippen molar-refractivity contribution in [2.24, 2.45) is 0 Å². The van der Waals surface area contributed by atoms with Gasteiger partial charge in [0.1, 0.15) is 6.61 Å². The van der Waals surface area contributed by atoms with Gasteiger partial charge in [0.15, 0.2) is 0 Å². The average Bonchev–Trinajstić information content (AvgIpc) is 2.42. The molecule has 0 radical (unpaired) electrons. The monoisotopic (exact) mass is 289 g/mol. The highest BCUT2D eigenvalue weighted by atomic mass is 32.2. The minimum absolute atomic E-state index is 0.114. The molecular weight excluding hydrogens is 268 g/mol. The lowest BCUT2D eigenvalue weighted by Crippen LogP contribution is -2.30. The molecule has 0 aliphatic carbocycles. The molecule has 0 amide bonds. The maximum absolute atomic E-state index is 13.0. The van der Waals surface area contributed by atoms with Crippen molar-refractivity contribution in [2.45, 2.75) is 43.6 Å². The van der Waals surface area contributed by atoms with Gasteiger partial charge in [-0.25, -0.2) is 8.78 Å². The van der Waals surface area contributed by atoms with Crippen LogP contribution in [0.3, 0.4) is 0 Å². The summed E-state index contributed by atoms with van der Waals surface area (Å²) in [6, 6.07) is 5.58. The fourth-order valence-electron chi connectivity index (χ4n) is 1.91. The lowest BCUT2D eigenvalue weighted by Gasteiger charge is -2.29. The van der Waals surface area contributed by atoms with Crippen LogP contribution in [0.4, 0.5) is 14.5 Å². The molecule has 1 aromatic rings. The van der Waals surface area contributed by atoms with Gasteiger partial charge in [0, 0.05) is 17.0 Å². The van der Waals surface area contributed by atoms with E-state index in [0.717, 1.165) is 10.5 Å². The van der Waals surface area contributed by atoms with Crippen LogP contribution in [0.2, 0.25) is 0 Å². The van der Waals surface area contributed by atoms with Crippen molar-refractivity contribution in [1.29, 1.82) is 0 Å². The molecule has 2 N–H and O–H groups in total. The number of hydrogen-bond acceptors (Lipinski definition) is 3. The first kappa shape index (κ1) is 16.2. The van der Waals surface area contributed by atoms with Crippen LogP contribution in [0.15, 0.2) is 23.1 Å². The summed E-state index contributed by atoms with van der Waals surface area (Å²) in [6.45, 7) is 3.51. The number of thioether (sulfide) groups is 1. The maximum Gasteiger partial charge on any atom is 0.271 e. The van der Waals surface area contributed by atoms with E-state index in [2.05, 4.69) is 0 Å². The summed E-state index contributed by atoms with van der Waals surface area (Å²) < 4.78 is 31.1. The molecule has 0 spiro atoms. The Hall–Kier alpha value is -0.810. The number of ether oxygens (including phenoxy) is 1. The Morgan fingerprint density at radius 1 is 1.37 bits per heavy atom. The largest absolute Gasteiger partial charge is 0.398 e. The van der Waals surface area contributed by atoms with E-state index in [1.807, 2.05) is 32.2 Å². The quantitative estimate of drug-likeness (QED) is 0.643. The summed E-state index contributed by atoms with van der Waals surface area (Å²) in [5, 5.41) is 0. The van der Waals surface area contributed by atoms with Crippen LogP contribution in [-0.2, 0) is 4.74 Å². The lowest BCUT2D eigenvalue weighted by atomic mass is 9.99. The van der Waals surface area contributed by atoms with E-state index in [1.54, 1.807) is 17.8 Å². The molecule has 2 rings (SSSR count). The van der Waals surface area contributed by atoms with Crippen molar-refractivity contribution in [1.82, 2.24) is 0 Å². The average molecular weight is 289 g/mol. The molecule has 1 fully saturated rings. The van der Waals surface area contributed by atoms with Gasteiger partial charge in [-0.1, -0.05) is 19.9 Å². The third-order valence-electron chi connectivity index (χ3n) is 2.90. The van der Waals surface area contributed by atoms with Gasteiger partial charge in [-0.05, 0) is 30.4 Å². The van der Waals surface area contributed by atoms with Gasteiger partial charge < -0.3 is 10.5 Å². The van der Waals surface area contributed by atoms with Crippen molar-refractivity contribution in [3.05, 3.63) is 23.8 Å². The molecule has 0 saturated carbocycles. The topological polar surface area (TPSA) is 35.2 Å². The Labute approximate surface area is 117 Å². The molecule has 108 valence electrons. The number of halogens is 2. The molecule has 0 aromatic heterocycles. The number of nitrogen functional groups attached to an aromatic ring is 1. The molecule has 1 unspecified atom stereocenters. The first-order valence-electron chi connectivity index (χ1n) is 6.45. The summed E-state index contributed by atoms with van der Waals surface area (Å²) in [6.07, 6.45) is 1.94. The van der Waals surface area contributed by atoms with Gasteiger partial charge in [0.05, 0.1) is 6.10 Å². The van der Waals surface area contributed by atoms with Gasteiger partial charge >= 0.3 is 0 Å². The van der Waals surface area contributed by atoms with Crippen LogP contribution in [0.1, 0.15) is 38.4 Å². The van der Waals surface area contributed by atoms with Crippen molar-refractivity contribution < 1.29 is 13.5 Å². The minimum atomic E-state index is -2.67. The molecule has 1 aliphatic heterocycles. The number of benzene rings is 1. The standard InChI is InChI=1S/C12H15F2NOS.C2H6/c1-17-11-6-8(2-3-9(11)15)10-4-5-12(13,14)7-16-10;1-2/h2-3,6,10H,4-5,7,15H2,1H3;1-2H3. The Kier molecular flexibility index (Phi) is 6.07. The molecule has 2 nitrogen and oxygen atoms in total. The van der Waals surface area contributed by atoms with E-state index in [1.165, 1.54) is 0 Å². The van der Waals surface area contributed by atoms with Crippen molar-refractivity contribution in [2.75, 3.05) is 18.6 Å². The molecule has 5 heteroatoms. The molecule has 19 heavy (non-hydrogen) atoms. The van der Waals surface area contributed by atoms with E-state index in [0.29, 0.717) is 12.1 Å². The zero-order valence-electron chi connectivity index (χ0n) is 11.6. The molecule has 1 saturated heterocycles. The van der Waals surface area contributed by atoms with E-state index >= 15 is 0 Å². The number of alkyl halides is 2. The number of rotatable bonds is 2. The highest BCUT2D eigenvalue weighted by molar-refractivity contribution is 7.98. The highest BCUT2D eigenvalue weighted by Crippen LogP contribution is 2.37. The van der Waals surface area contributed by atoms with Crippen LogP contribution < -0.4 is 5.73 Å². The van der Waals surface area contributed by atoms with Crippen LogP contribution in [-0.4, -0.2) is 18.8 Å². The zero-order chi connectivity index (χ0) is 14.5. The fraction of sp³-hybridized carbons (Fsp3) is 0.571. The Bertz CT molecular complexity index is 402. The lowest BCUT2D eigenvalue weighted by molar-refractivity contribution is -0.145. The van der Waals surface area contributed by atoms with Crippen LogP contribution >= 0.6 is 11.8 Å². The molecule has 1 atom stereocenters. The van der Waals surface area contributed by atoms with E-state index in [9.17, 15) is 8.78 Å². The van der Waals surface area contributed by atoms with E-state index < -0.39 is 12.5 Å². The third-order valence-corrected chi connectivity index (χ3v) is 3.69. The second kappa shape index (κ2) is 7.10. The second-order valence-corrected chi connectivity index (χ2v) is 5.04. The van der Waals surface area contributed by atoms with Crippen molar-refractivity contribution in [3.8, 4) is 0 Å². The van der Waals surface area contributed by atoms with E-state index in [4.69, 9.17) is 10.5 Å². The Balaban J connectivity index is 0.000000861. The summed E-state index contributed by atoms with van der Waals surface area (Å²) in [7, 11) is 0. The minimum Gasteiger partial charge on any atom is -0.398 e. The van der Waals surface area contributed by atoms with Gasteiger partial charge in [0.2, 0.25) is 0 Å². The zero-order valence-corrected chi connectivity index (χ0v) is 12.4. The van der Waals surface area contributed by atoms with Gasteiger partial charge in [0.25, 0.3) is 5.92 Å². The molecule has 0 bridgehead atoms. The number of anilines is 1. The summed E-state index contributed by atoms with van der Waals surface area (Å²) >= 11 is 1.54. The third kappa shape index (κ3) is 4.35. The van der Waals surface area contributed by atoms with Crippen molar-refractivity contribution >= 4 is 17.4 Å². The number of nitrogens with two attached hydrogens (primary N) is 1. The summed E-state index contributed by atoms with van der Waals surface area (Å²) in [5.41, 5.74) is 7.43. The fourth-order valence-corrected chi connectivity index (χ4v) is 2.47. The first-order chi connectivity index (χ1) is 9.02. The normalized spacial score (nSPS) is 21.4. The summed E-state index contributed by atoms with van der Waals surface area (Å²) in [5.74, 6) is -2.67.